The molecule has 9 nitrogen and oxygen atoms in total. The molecule has 9 fully saturated rings. The molecule has 0 saturated heterocycles. The minimum atomic E-state index is 0.264. The lowest BCUT2D eigenvalue weighted by atomic mass is 9.84. The van der Waals surface area contributed by atoms with Gasteiger partial charge in [-0.2, -0.15) is 0 Å². The Morgan fingerprint density at radius 2 is 0.200 bits per heavy atom. The second kappa shape index (κ2) is 85.5. The maximum absolute atomic E-state index is 12.3. The summed E-state index contributed by atoms with van der Waals surface area (Å²) in [5.41, 5.74) is 10.4. The van der Waals surface area contributed by atoms with Crippen molar-refractivity contribution < 1.29 is 43.2 Å². The van der Waals surface area contributed by atoms with Crippen LogP contribution < -0.4 is 0 Å². The number of ketones is 9. The summed E-state index contributed by atoms with van der Waals surface area (Å²) in [7, 11) is 0. The summed E-state index contributed by atoms with van der Waals surface area (Å²) in [5, 5.41) is 0. The van der Waals surface area contributed by atoms with Crippen molar-refractivity contribution in [2.75, 3.05) is 0 Å². The van der Waals surface area contributed by atoms with Crippen molar-refractivity contribution in [1.82, 2.24) is 0 Å². The molecule has 0 radical (unpaired) electrons. The Bertz CT molecular complexity index is 3330. The second-order valence-electron chi connectivity index (χ2n) is 44.9. The zero-order chi connectivity index (χ0) is 99.9. The van der Waals surface area contributed by atoms with E-state index < -0.39 is 0 Å². The van der Waals surface area contributed by atoms with E-state index in [2.05, 4.69) is 73.1 Å². The van der Waals surface area contributed by atoms with E-state index in [4.69, 9.17) is 0 Å². The van der Waals surface area contributed by atoms with E-state index in [1.165, 1.54) is 295 Å². The van der Waals surface area contributed by atoms with Crippen molar-refractivity contribution in [3.05, 3.63) is 109 Å². The van der Waals surface area contributed by atoms with Crippen LogP contribution in [-0.2, 0) is 43.2 Å². The second-order valence-corrected chi connectivity index (χ2v) is 44.9. The molecule has 9 aliphatic rings. The van der Waals surface area contributed by atoms with Gasteiger partial charge < -0.3 is 0 Å². The van der Waals surface area contributed by atoms with Crippen LogP contribution in [0.4, 0.5) is 0 Å². The molecule has 0 bridgehead atoms. The summed E-state index contributed by atoms with van der Waals surface area (Å²) in [6, 6.07) is 0. The quantitative estimate of drug-likeness (QED) is 0.0964. The molecule has 135 heavy (non-hydrogen) atoms. The molecule has 9 rings (SSSR count). The van der Waals surface area contributed by atoms with Gasteiger partial charge in [0, 0.05) is 111 Å². The minimum Gasteiger partial charge on any atom is -0.299 e. The summed E-state index contributed by atoms with van der Waals surface area (Å²) >= 11 is 0. The van der Waals surface area contributed by atoms with Gasteiger partial charge in [0.15, 0.2) is 0 Å². The van der Waals surface area contributed by atoms with Crippen LogP contribution in [0, 0.1) is 53.3 Å². The zero-order valence-corrected chi connectivity index (χ0v) is 90.5. The average molecular weight is 1880 g/mol. The van der Waals surface area contributed by atoms with Gasteiger partial charge in [-0.3, -0.25) is 43.2 Å². The number of carbonyl (C=O) groups excluding carboxylic acids is 9. The first-order valence-electron chi connectivity index (χ1n) is 57.3. The third-order valence-electron chi connectivity index (χ3n) is 29.5. The molecule has 0 amide bonds. The van der Waals surface area contributed by atoms with Crippen molar-refractivity contribution in [2.45, 2.75) is 582 Å². The number of rotatable bonds is 18. The van der Waals surface area contributed by atoms with Crippen LogP contribution in [0.1, 0.15) is 582 Å². The van der Waals surface area contributed by atoms with E-state index in [-0.39, 0.29) is 41.4 Å². The van der Waals surface area contributed by atoms with Crippen LogP contribution in [0.5, 0.6) is 0 Å². The highest BCUT2D eigenvalue weighted by molar-refractivity contribution is 5.85. The van der Waals surface area contributed by atoms with Gasteiger partial charge in [0.1, 0.15) is 52.0 Å². The SMILES string of the molecule is C=C(C)CC1CCCCC1=O.C=C(C)CC1CCCCCC1=O.C=C(C)CC1CCCCCCC1=O.C=C(C)CC1CCCCCCCC1=O.C=C(C)CC1CCCCCCCCC1=O.C=C(C)CC1CCCCCCCCCC1=O.C=C(C)CC1CCCCCCCCCCC1=O.C=C(C)CC1CCCCCCCCCCCC1=O.C=C(C)CC1CCCCCCCCCCCCC1=O. The molecule has 9 atom stereocenters. The lowest BCUT2D eigenvalue weighted by Crippen LogP contribution is -2.18. The van der Waals surface area contributed by atoms with E-state index in [0.29, 0.717) is 63.9 Å². The normalized spacial score (nSPS) is 24.9. The predicted octanol–water partition coefficient (Wildman–Crippen LogP) is 38.5. The lowest BCUT2D eigenvalue weighted by Gasteiger charge is -2.19. The van der Waals surface area contributed by atoms with E-state index in [1.54, 1.807) is 0 Å². The molecular formula is C126H216O9. The summed E-state index contributed by atoms with van der Waals surface area (Å²) in [5.74, 6) is 6.88. The van der Waals surface area contributed by atoms with Crippen LogP contribution in [0.2, 0.25) is 0 Å². The fraction of sp³-hybridized carbons (Fsp3) is 0.786. The van der Waals surface area contributed by atoms with Crippen molar-refractivity contribution in [3.63, 3.8) is 0 Å². The highest BCUT2D eigenvalue weighted by Crippen LogP contribution is 2.34. The summed E-state index contributed by atoms with van der Waals surface area (Å²) in [6.07, 6.45) is 93.8. The van der Waals surface area contributed by atoms with Gasteiger partial charge in [0.2, 0.25) is 0 Å². The summed E-state index contributed by atoms with van der Waals surface area (Å²) in [4.78, 5) is 107. The molecule has 0 aromatic carbocycles. The van der Waals surface area contributed by atoms with Crippen LogP contribution in [0.3, 0.4) is 0 Å². The number of carbonyl (C=O) groups is 9. The molecule has 0 N–H and O–H groups in total. The molecule has 0 aliphatic heterocycles. The average Bonchev–Trinajstić information content (AvgIpc) is 1.68. The molecule has 0 heterocycles. The fourth-order valence-electron chi connectivity index (χ4n) is 21.6. The Morgan fingerprint density at radius 3 is 0.296 bits per heavy atom. The van der Waals surface area contributed by atoms with Crippen LogP contribution in [-0.4, -0.2) is 52.0 Å². The molecule has 9 unspecified atom stereocenters. The van der Waals surface area contributed by atoms with Gasteiger partial charge in [-0.25, -0.2) is 0 Å². The number of hydrogen-bond acceptors (Lipinski definition) is 9. The van der Waals surface area contributed by atoms with E-state index in [9.17, 15) is 43.2 Å². The van der Waals surface area contributed by atoms with E-state index in [1.807, 2.05) is 48.5 Å². The third-order valence-corrected chi connectivity index (χ3v) is 29.5. The summed E-state index contributed by atoms with van der Waals surface area (Å²) < 4.78 is 0. The zero-order valence-electron chi connectivity index (χ0n) is 90.5. The van der Waals surface area contributed by atoms with Crippen molar-refractivity contribution in [3.8, 4) is 0 Å². The smallest absolute Gasteiger partial charge is 0.136 e. The van der Waals surface area contributed by atoms with Gasteiger partial charge >= 0.3 is 0 Å². The molecule has 0 aromatic heterocycles. The highest BCUT2D eigenvalue weighted by Gasteiger charge is 2.28. The van der Waals surface area contributed by atoms with Gasteiger partial charge in [-0.1, -0.05) is 339 Å². The van der Waals surface area contributed by atoms with E-state index >= 15 is 0 Å². The Balaban J connectivity index is 0.000000763. The molecule has 9 saturated carbocycles. The Hall–Kier alpha value is -5.31. The van der Waals surface area contributed by atoms with Crippen LogP contribution in [0.25, 0.3) is 0 Å². The van der Waals surface area contributed by atoms with Crippen LogP contribution >= 0.6 is 0 Å². The Labute approximate surface area is 835 Å². The van der Waals surface area contributed by atoms with E-state index in [0.717, 1.165) is 276 Å². The molecule has 0 spiro atoms. The van der Waals surface area contributed by atoms with Gasteiger partial charge in [0.05, 0.1) is 0 Å². The molecule has 0 aromatic rings. The number of Topliss-reactive ketones (excluding diaryl/α,β-unsaturated/α-hetero) is 9. The fourth-order valence-corrected chi connectivity index (χ4v) is 21.6. The predicted molar refractivity (Wildman–Crippen MR) is 584 cm³/mol. The molecular weight excluding hydrogens is 1660 g/mol. The standard InChI is InChI=1S/C18H32O.C17H30O.C16H28O.C15H26O.C14H24O.C13H22O.C12H20O.C11H18O.C10H16O/c1-16(2)15-17-13-11-9-7-5-3-4-6-8-10-12-14-18(17)19;1-15(2)14-16-12-10-8-6-4-3-5-7-9-11-13-17(16)18;1-14(2)13-15-11-9-7-5-3-4-6-8-10-12-16(15)17;1-13(2)12-14-10-8-6-4-3-5-7-9-11-15(14)16;1-12(2)11-13-9-7-5-3-4-6-8-10-14(13)15;1-11(2)10-12-8-6-4-3-5-7-9-13(12)14;1-10(2)9-11-7-5-3-4-6-8-12(11)13;1-9(2)8-10-6-4-3-5-7-11(10)12;1-8(2)7-9-5-3-4-6-10(9)11/h17H,1,3-15H2,2H3;16H,1,3-14H2,2H3;15H,1,3-13H2,2H3;14H,1,3-12H2,2H3;13H,1,3-11H2,2H3;12H,1,3-10H2,2H3;11H,1,3-9H2,2H3;10H,1,3-8H2,2H3;9H,1,3-7H2,2H3. The first-order chi connectivity index (χ1) is 64.8. The first-order valence-corrected chi connectivity index (χ1v) is 57.3. The monoisotopic (exact) mass is 1870 g/mol. The maximum Gasteiger partial charge on any atom is 0.136 e. The largest absolute Gasteiger partial charge is 0.299 e. The maximum atomic E-state index is 12.3. The van der Waals surface area contributed by atoms with Gasteiger partial charge in [-0.15, -0.1) is 59.2 Å². The summed E-state index contributed by atoms with van der Waals surface area (Å²) in [6.45, 7) is 53.6. The van der Waals surface area contributed by atoms with Crippen molar-refractivity contribution >= 4 is 52.0 Å². The van der Waals surface area contributed by atoms with Crippen molar-refractivity contribution in [2.24, 2.45) is 53.3 Å². The first kappa shape index (κ1) is 128. The van der Waals surface area contributed by atoms with Gasteiger partial charge in [-0.05, 0) is 236 Å². The Kier molecular flexibility index (Phi) is 80.8. The highest BCUT2D eigenvalue weighted by atomic mass is 16.2. The Morgan fingerprint density at radius 1 is 0.133 bits per heavy atom. The van der Waals surface area contributed by atoms with Gasteiger partial charge in [0.25, 0.3) is 0 Å². The number of hydrogen-bond donors (Lipinski definition) is 0. The van der Waals surface area contributed by atoms with Crippen LogP contribution in [0.15, 0.2) is 109 Å². The van der Waals surface area contributed by atoms with Crippen molar-refractivity contribution in [1.29, 1.82) is 0 Å². The molecule has 9 heteroatoms. The molecule has 774 valence electrons. The lowest BCUT2D eigenvalue weighted by molar-refractivity contribution is -0.125. The topological polar surface area (TPSA) is 154 Å². The third kappa shape index (κ3) is 75.2. The molecule has 9 aliphatic carbocycles. The minimum absolute atomic E-state index is 0.264. The number of allylic oxidation sites excluding steroid dienone is 9.